The van der Waals surface area contributed by atoms with Crippen LogP contribution in [-0.4, -0.2) is 38.9 Å². The number of carbonyl (C=O) groups excluding carboxylic acids is 1. The topological polar surface area (TPSA) is 66.0 Å². The second-order valence-electron chi connectivity index (χ2n) is 6.13. The number of methoxy groups -OCH3 is 1. The fraction of sp³-hybridized carbons (Fsp3) is 0.300. The molecule has 0 bridgehead atoms. The van der Waals surface area contributed by atoms with E-state index in [1.807, 2.05) is 36.4 Å². The van der Waals surface area contributed by atoms with Crippen molar-refractivity contribution in [1.82, 2.24) is 5.43 Å². The van der Waals surface area contributed by atoms with Crippen LogP contribution in [0.15, 0.2) is 53.6 Å². The Morgan fingerprint density at radius 3 is 2.62 bits per heavy atom. The van der Waals surface area contributed by atoms with Gasteiger partial charge in [-0.1, -0.05) is 24.3 Å². The lowest BCUT2D eigenvalue weighted by molar-refractivity contribution is -0.119. The molecule has 2 aromatic carbocycles. The number of hydrogen-bond donors (Lipinski definition) is 2. The second kappa shape index (κ2) is 8.89. The molecule has 0 aliphatic carbocycles. The minimum atomic E-state index is -0.221. The molecule has 2 aromatic rings. The molecule has 3 rings (SSSR count). The molecule has 26 heavy (non-hydrogen) atoms. The van der Waals surface area contributed by atoms with Crippen molar-refractivity contribution in [2.75, 3.05) is 37.0 Å². The molecule has 6 heteroatoms. The molecular weight excluding hydrogens is 328 g/mol. The van der Waals surface area contributed by atoms with Crippen LogP contribution in [0.1, 0.15) is 18.4 Å². The molecule has 0 aromatic heterocycles. The van der Waals surface area contributed by atoms with Crippen molar-refractivity contribution in [2.45, 2.75) is 12.8 Å². The van der Waals surface area contributed by atoms with E-state index >= 15 is 0 Å². The first-order valence-electron chi connectivity index (χ1n) is 8.80. The first kappa shape index (κ1) is 17.8. The number of rotatable bonds is 7. The van der Waals surface area contributed by atoms with Crippen molar-refractivity contribution < 1.29 is 9.53 Å². The SMILES string of the molecule is COc1ccccc1NCC(=O)N/N=C/c1ccc(N2CCCC2)cc1. The van der Waals surface area contributed by atoms with Gasteiger partial charge >= 0.3 is 0 Å². The standard InChI is InChI=1S/C20H24N4O2/c1-26-19-7-3-2-6-18(19)21-15-20(25)23-22-14-16-8-10-17(11-9-16)24-12-4-5-13-24/h2-3,6-11,14,21H,4-5,12-13,15H2,1H3,(H,23,25)/b22-14+. The quantitative estimate of drug-likeness (QED) is 0.594. The Kier molecular flexibility index (Phi) is 6.09. The summed E-state index contributed by atoms with van der Waals surface area (Å²) in [5.41, 5.74) is 5.49. The van der Waals surface area contributed by atoms with E-state index in [-0.39, 0.29) is 12.5 Å². The Labute approximate surface area is 153 Å². The average molecular weight is 352 g/mol. The molecule has 6 nitrogen and oxygen atoms in total. The monoisotopic (exact) mass is 352 g/mol. The zero-order chi connectivity index (χ0) is 18.2. The molecule has 1 fully saturated rings. The number of benzene rings is 2. The van der Waals surface area contributed by atoms with Gasteiger partial charge in [0, 0.05) is 18.8 Å². The van der Waals surface area contributed by atoms with Crippen LogP contribution in [0.4, 0.5) is 11.4 Å². The van der Waals surface area contributed by atoms with Gasteiger partial charge < -0.3 is 15.0 Å². The van der Waals surface area contributed by atoms with Gasteiger partial charge in [0.2, 0.25) is 0 Å². The lowest BCUT2D eigenvalue weighted by Gasteiger charge is -2.17. The van der Waals surface area contributed by atoms with Crippen molar-refractivity contribution in [3.8, 4) is 5.75 Å². The van der Waals surface area contributed by atoms with Crippen LogP contribution in [-0.2, 0) is 4.79 Å². The van der Waals surface area contributed by atoms with E-state index in [2.05, 4.69) is 32.9 Å². The molecular formula is C20H24N4O2. The van der Waals surface area contributed by atoms with Crippen molar-refractivity contribution in [1.29, 1.82) is 0 Å². The smallest absolute Gasteiger partial charge is 0.259 e. The number of ether oxygens (including phenoxy) is 1. The largest absolute Gasteiger partial charge is 0.495 e. The fourth-order valence-corrected chi connectivity index (χ4v) is 2.93. The van der Waals surface area contributed by atoms with Gasteiger partial charge in [-0.3, -0.25) is 4.79 Å². The summed E-state index contributed by atoms with van der Waals surface area (Å²) < 4.78 is 5.24. The van der Waals surface area contributed by atoms with Gasteiger partial charge in [-0.15, -0.1) is 0 Å². The maximum absolute atomic E-state index is 11.9. The maximum Gasteiger partial charge on any atom is 0.259 e. The Morgan fingerprint density at radius 2 is 1.88 bits per heavy atom. The van der Waals surface area contributed by atoms with Crippen molar-refractivity contribution in [2.24, 2.45) is 5.10 Å². The highest BCUT2D eigenvalue weighted by atomic mass is 16.5. The summed E-state index contributed by atoms with van der Waals surface area (Å²) in [6.45, 7) is 2.37. The number of para-hydroxylation sites is 2. The number of nitrogens with zero attached hydrogens (tertiary/aromatic N) is 2. The van der Waals surface area contributed by atoms with Crippen LogP contribution in [0.25, 0.3) is 0 Å². The molecule has 2 N–H and O–H groups in total. The number of hydrazone groups is 1. The summed E-state index contributed by atoms with van der Waals surface area (Å²) >= 11 is 0. The minimum absolute atomic E-state index is 0.117. The molecule has 1 heterocycles. The molecule has 136 valence electrons. The molecule has 0 atom stereocenters. The molecule has 0 spiro atoms. The van der Waals surface area contributed by atoms with Crippen molar-refractivity contribution >= 4 is 23.5 Å². The molecule has 1 aliphatic heterocycles. The third-order valence-corrected chi connectivity index (χ3v) is 4.31. The summed E-state index contributed by atoms with van der Waals surface area (Å²) in [6.07, 6.45) is 4.17. The molecule has 0 saturated carbocycles. The second-order valence-corrected chi connectivity index (χ2v) is 6.13. The Morgan fingerprint density at radius 1 is 1.15 bits per heavy atom. The predicted octanol–water partition coefficient (Wildman–Crippen LogP) is 2.86. The predicted molar refractivity (Wildman–Crippen MR) is 105 cm³/mol. The van der Waals surface area contributed by atoms with Crippen LogP contribution in [0.2, 0.25) is 0 Å². The van der Waals surface area contributed by atoms with Crippen LogP contribution in [0.5, 0.6) is 5.75 Å². The number of hydrogen-bond acceptors (Lipinski definition) is 5. The first-order chi connectivity index (χ1) is 12.8. The Hall–Kier alpha value is -3.02. The summed E-state index contributed by atoms with van der Waals surface area (Å²) in [5.74, 6) is 0.475. The molecule has 1 amide bonds. The van der Waals surface area contributed by atoms with Gasteiger partial charge in [-0.25, -0.2) is 5.43 Å². The molecule has 1 saturated heterocycles. The Bertz CT molecular complexity index is 753. The fourth-order valence-electron chi connectivity index (χ4n) is 2.93. The van der Waals surface area contributed by atoms with Gasteiger partial charge in [0.25, 0.3) is 5.91 Å². The van der Waals surface area contributed by atoms with Crippen LogP contribution in [0, 0.1) is 0 Å². The number of carbonyl (C=O) groups is 1. The van der Waals surface area contributed by atoms with E-state index in [0.29, 0.717) is 5.75 Å². The van der Waals surface area contributed by atoms with Gasteiger partial charge in [-0.05, 0) is 42.7 Å². The number of nitrogens with one attached hydrogen (secondary N) is 2. The van der Waals surface area contributed by atoms with E-state index in [1.165, 1.54) is 18.5 Å². The summed E-state index contributed by atoms with van der Waals surface area (Å²) in [6, 6.07) is 15.7. The van der Waals surface area contributed by atoms with Gasteiger partial charge in [0.1, 0.15) is 5.75 Å². The van der Waals surface area contributed by atoms with Gasteiger partial charge in [-0.2, -0.15) is 5.10 Å². The van der Waals surface area contributed by atoms with Crippen molar-refractivity contribution in [3.05, 3.63) is 54.1 Å². The number of amides is 1. The highest BCUT2D eigenvalue weighted by Crippen LogP contribution is 2.22. The van der Waals surface area contributed by atoms with E-state index in [4.69, 9.17) is 4.74 Å². The third-order valence-electron chi connectivity index (χ3n) is 4.31. The summed E-state index contributed by atoms with van der Waals surface area (Å²) in [4.78, 5) is 14.3. The number of anilines is 2. The van der Waals surface area contributed by atoms with E-state index in [0.717, 1.165) is 24.3 Å². The van der Waals surface area contributed by atoms with Crippen molar-refractivity contribution in [3.63, 3.8) is 0 Å². The Balaban J connectivity index is 1.46. The van der Waals surface area contributed by atoms with Gasteiger partial charge in [0.15, 0.2) is 0 Å². The minimum Gasteiger partial charge on any atom is -0.495 e. The van der Waals surface area contributed by atoms with E-state index in [1.54, 1.807) is 13.3 Å². The highest BCUT2D eigenvalue weighted by molar-refractivity contribution is 5.84. The lowest BCUT2D eigenvalue weighted by Crippen LogP contribution is -2.26. The van der Waals surface area contributed by atoms with Crippen LogP contribution in [0.3, 0.4) is 0 Å². The highest BCUT2D eigenvalue weighted by Gasteiger charge is 2.11. The average Bonchev–Trinajstić information content (AvgIpc) is 3.22. The lowest BCUT2D eigenvalue weighted by atomic mass is 10.2. The zero-order valence-electron chi connectivity index (χ0n) is 14.9. The van der Waals surface area contributed by atoms with E-state index in [9.17, 15) is 4.79 Å². The normalized spacial score (nSPS) is 13.8. The van der Waals surface area contributed by atoms with Crippen LogP contribution >= 0.6 is 0 Å². The third kappa shape index (κ3) is 4.75. The molecule has 0 radical (unpaired) electrons. The molecule has 1 aliphatic rings. The first-order valence-corrected chi connectivity index (χ1v) is 8.80. The summed E-state index contributed by atoms with van der Waals surface area (Å²) in [5, 5.41) is 7.05. The zero-order valence-corrected chi connectivity index (χ0v) is 14.9. The maximum atomic E-state index is 11.9. The van der Waals surface area contributed by atoms with Gasteiger partial charge in [0.05, 0.1) is 25.6 Å². The molecule has 0 unspecified atom stereocenters. The summed E-state index contributed by atoms with van der Waals surface area (Å²) in [7, 11) is 1.60. The van der Waals surface area contributed by atoms with Crippen LogP contribution < -0.4 is 20.4 Å². The van der Waals surface area contributed by atoms with E-state index < -0.39 is 0 Å².